The van der Waals surface area contributed by atoms with Gasteiger partial charge in [0.25, 0.3) is 11.6 Å². The highest BCUT2D eigenvalue weighted by Crippen LogP contribution is 2.48. The van der Waals surface area contributed by atoms with Crippen LogP contribution in [0.3, 0.4) is 0 Å². The van der Waals surface area contributed by atoms with Crippen LogP contribution in [0.15, 0.2) is 29.4 Å². The average molecular weight is 328 g/mol. The summed E-state index contributed by atoms with van der Waals surface area (Å²) in [5.74, 6) is -2.39. The molecule has 0 aromatic heterocycles. The Morgan fingerprint density at radius 2 is 1.91 bits per heavy atom. The van der Waals surface area contributed by atoms with Crippen molar-refractivity contribution < 1.29 is 28.2 Å². The third-order valence-electron chi connectivity index (χ3n) is 4.34. The number of hydrazone groups is 1. The average Bonchev–Trinajstić information content (AvgIpc) is 2.82. The van der Waals surface area contributed by atoms with Crippen molar-refractivity contribution in [1.82, 2.24) is 5.01 Å². The maximum Gasteiger partial charge on any atom is 0.439 e. The van der Waals surface area contributed by atoms with Crippen molar-refractivity contribution in [3.8, 4) is 5.75 Å². The van der Waals surface area contributed by atoms with E-state index in [2.05, 4.69) is 5.10 Å². The Morgan fingerprint density at radius 3 is 2.52 bits per heavy atom. The van der Waals surface area contributed by atoms with Crippen LogP contribution in [0.4, 0.5) is 13.2 Å². The molecule has 5 nitrogen and oxygen atoms in total. The van der Waals surface area contributed by atoms with Gasteiger partial charge in [-0.1, -0.05) is 6.42 Å². The molecule has 3 rings (SSSR count). The molecule has 1 heterocycles. The molecule has 23 heavy (non-hydrogen) atoms. The predicted octanol–water partition coefficient (Wildman–Crippen LogP) is 2.65. The zero-order chi connectivity index (χ0) is 16.8. The Morgan fingerprint density at radius 1 is 1.26 bits per heavy atom. The number of hydrogen-bond acceptors (Lipinski definition) is 4. The van der Waals surface area contributed by atoms with Gasteiger partial charge >= 0.3 is 6.18 Å². The molecule has 1 aliphatic heterocycles. The van der Waals surface area contributed by atoms with Crippen LogP contribution in [-0.4, -0.2) is 38.7 Å². The summed E-state index contributed by atoms with van der Waals surface area (Å²) in [6.07, 6.45) is -3.32. The number of phenols is 1. The molecular formula is C15H15F3N2O3. The molecule has 8 heteroatoms. The highest BCUT2D eigenvalue weighted by atomic mass is 19.4. The van der Waals surface area contributed by atoms with E-state index in [-0.39, 0.29) is 28.5 Å². The van der Waals surface area contributed by atoms with Crippen molar-refractivity contribution in [1.29, 1.82) is 0 Å². The van der Waals surface area contributed by atoms with Crippen molar-refractivity contribution in [2.24, 2.45) is 11.0 Å². The van der Waals surface area contributed by atoms with Crippen molar-refractivity contribution in [2.45, 2.75) is 37.6 Å². The van der Waals surface area contributed by atoms with Crippen molar-refractivity contribution in [3.63, 3.8) is 0 Å². The van der Waals surface area contributed by atoms with Crippen molar-refractivity contribution in [2.75, 3.05) is 0 Å². The van der Waals surface area contributed by atoms with Gasteiger partial charge in [0.2, 0.25) is 0 Å². The largest absolute Gasteiger partial charge is 0.508 e. The highest BCUT2D eigenvalue weighted by Gasteiger charge is 2.68. The summed E-state index contributed by atoms with van der Waals surface area (Å²) in [6.45, 7) is 0. The summed E-state index contributed by atoms with van der Waals surface area (Å²) < 4.78 is 40.6. The number of rotatable bonds is 1. The van der Waals surface area contributed by atoms with Crippen LogP contribution < -0.4 is 0 Å². The number of carbonyl (C=O) groups excluding carboxylic acids is 1. The molecule has 1 aliphatic carbocycles. The topological polar surface area (TPSA) is 73.1 Å². The summed E-state index contributed by atoms with van der Waals surface area (Å²) in [6, 6.07) is 4.76. The molecule has 0 saturated heterocycles. The van der Waals surface area contributed by atoms with Gasteiger partial charge < -0.3 is 10.2 Å². The minimum atomic E-state index is -5.02. The molecule has 2 unspecified atom stereocenters. The number of carbonyl (C=O) groups is 1. The SMILES string of the molecule is O=C(c1ccc(O)cc1)N1N=C2CCCCC2C1(O)C(F)(F)F. The second kappa shape index (κ2) is 5.23. The van der Waals surface area contributed by atoms with Crippen LogP contribution in [0.25, 0.3) is 0 Å². The maximum atomic E-state index is 13.5. The molecule has 2 aliphatic rings. The van der Waals surface area contributed by atoms with Gasteiger partial charge in [-0.3, -0.25) is 4.79 Å². The van der Waals surface area contributed by atoms with Gasteiger partial charge in [0.1, 0.15) is 5.75 Å². The lowest BCUT2D eigenvalue weighted by Gasteiger charge is -2.38. The van der Waals surface area contributed by atoms with Crippen LogP contribution >= 0.6 is 0 Å². The normalized spacial score (nSPS) is 27.6. The summed E-state index contributed by atoms with van der Waals surface area (Å²) in [7, 11) is 0. The van der Waals surface area contributed by atoms with Crippen molar-refractivity contribution >= 4 is 11.6 Å². The summed E-state index contributed by atoms with van der Waals surface area (Å²) in [4.78, 5) is 12.4. The Labute approximate surface area is 130 Å². The standard InChI is InChI=1S/C15H15F3N2O3/c16-15(17,18)14(23)11-3-1-2-4-12(11)19-20(14)13(22)9-5-7-10(21)8-6-9/h5-8,11,21,23H,1-4H2. The van der Waals surface area contributed by atoms with Crippen LogP contribution in [0.2, 0.25) is 0 Å². The first-order valence-electron chi connectivity index (χ1n) is 7.25. The highest BCUT2D eigenvalue weighted by molar-refractivity contribution is 5.99. The second-order valence-electron chi connectivity index (χ2n) is 5.78. The van der Waals surface area contributed by atoms with Gasteiger partial charge in [0.15, 0.2) is 0 Å². The number of nitrogens with zero attached hydrogens (tertiary/aromatic N) is 2. The Bertz CT molecular complexity index is 657. The fraction of sp³-hybridized carbons (Fsp3) is 0.467. The zero-order valence-corrected chi connectivity index (χ0v) is 12.0. The molecule has 1 fully saturated rings. The summed E-state index contributed by atoms with van der Waals surface area (Å²) >= 11 is 0. The number of amides is 1. The fourth-order valence-corrected chi connectivity index (χ4v) is 3.15. The molecular weight excluding hydrogens is 313 g/mol. The van der Waals surface area contributed by atoms with Gasteiger partial charge in [-0.15, -0.1) is 0 Å². The Kier molecular flexibility index (Phi) is 3.59. The monoisotopic (exact) mass is 328 g/mol. The minimum Gasteiger partial charge on any atom is -0.508 e. The van der Waals surface area contributed by atoms with Gasteiger partial charge in [0, 0.05) is 11.3 Å². The van der Waals surface area contributed by atoms with Gasteiger partial charge in [0.05, 0.1) is 5.92 Å². The van der Waals surface area contributed by atoms with E-state index in [9.17, 15) is 28.2 Å². The molecule has 1 saturated carbocycles. The smallest absolute Gasteiger partial charge is 0.439 e. The molecule has 0 radical (unpaired) electrons. The molecule has 0 spiro atoms. The van der Waals surface area contributed by atoms with E-state index in [0.29, 0.717) is 19.3 Å². The summed E-state index contributed by atoms with van der Waals surface area (Å²) in [5, 5.41) is 23.6. The van der Waals surface area contributed by atoms with Crippen LogP contribution in [0, 0.1) is 5.92 Å². The summed E-state index contributed by atoms with van der Waals surface area (Å²) in [5.41, 5.74) is -3.20. The lowest BCUT2D eigenvalue weighted by Crippen LogP contribution is -2.61. The Balaban J connectivity index is 2.03. The third kappa shape index (κ3) is 2.37. The van der Waals surface area contributed by atoms with Gasteiger partial charge in [-0.05, 0) is 43.5 Å². The fourth-order valence-electron chi connectivity index (χ4n) is 3.15. The second-order valence-corrected chi connectivity index (χ2v) is 5.78. The van der Waals surface area contributed by atoms with Crippen LogP contribution in [-0.2, 0) is 0 Å². The van der Waals surface area contributed by atoms with E-state index in [4.69, 9.17) is 0 Å². The van der Waals surface area contributed by atoms with E-state index < -0.39 is 23.7 Å². The number of halogens is 3. The molecule has 2 N–H and O–H groups in total. The predicted molar refractivity (Wildman–Crippen MR) is 74.7 cm³/mol. The number of hydrogen-bond donors (Lipinski definition) is 2. The van der Waals surface area contributed by atoms with Gasteiger partial charge in [-0.25, -0.2) is 0 Å². The Hall–Kier alpha value is -2.09. The first-order chi connectivity index (χ1) is 10.7. The van der Waals surface area contributed by atoms with E-state index in [0.717, 1.165) is 0 Å². The lowest BCUT2D eigenvalue weighted by molar-refractivity contribution is -0.312. The molecule has 1 amide bonds. The van der Waals surface area contributed by atoms with Crippen molar-refractivity contribution in [3.05, 3.63) is 29.8 Å². The van der Waals surface area contributed by atoms with Gasteiger partial charge in [-0.2, -0.15) is 23.3 Å². The first-order valence-corrected chi connectivity index (χ1v) is 7.25. The maximum absolute atomic E-state index is 13.5. The lowest BCUT2D eigenvalue weighted by atomic mass is 9.80. The number of phenolic OH excluding ortho intramolecular Hbond substituents is 1. The number of fused-ring (bicyclic) bond motifs is 1. The van der Waals surface area contributed by atoms with E-state index in [1.165, 1.54) is 24.3 Å². The number of alkyl halides is 3. The van der Waals surface area contributed by atoms with E-state index in [1.54, 1.807) is 0 Å². The minimum absolute atomic E-state index is 0.0894. The van der Waals surface area contributed by atoms with E-state index in [1.807, 2.05) is 0 Å². The van der Waals surface area contributed by atoms with Crippen LogP contribution in [0.1, 0.15) is 36.0 Å². The molecule has 0 bridgehead atoms. The number of benzene rings is 1. The molecule has 124 valence electrons. The van der Waals surface area contributed by atoms with E-state index >= 15 is 0 Å². The number of aliphatic hydroxyl groups is 1. The number of aromatic hydroxyl groups is 1. The first kappa shape index (κ1) is 15.8. The third-order valence-corrected chi connectivity index (χ3v) is 4.34. The molecule has 2 atom stereocenters. The molecule has 1 aromatic carbocycles. The molecule has 1 aromatic rings. The quantitative estimate of drug-likeness (QED) is 0.832. The van der Waals surface area contributed by atoms with Crippen LogP contribution in [0.5, 0.6) is 5.75 Å². The zero-order valence-electron chi connectivity index (χ0n) is 12.0.